The number of amides is 1. The van der Waals surface area contributed by atoms with Gasteiger partial charge in [-0.25, -0.2) is 0 Å². The number of piperazine rings is 1. The molecule has 0 bridgehead atoms. The molecule has 1 amide bonds. The van der Waals surface area contributed by atoms with Gasteiger partial charge < -0.3 is 9.74 Å². The second-order valence-corrected chi connectivity index (χ2v) is 7.33. The van der Waals surface area contributed by atoms with Crippen LogP contribution < -0.4 is 0 Å². The van der Waals surface area contributed by atoms with E-state index in [-0.39, 0.29) is 5.91 Å². The Balaban J connectivity index is 1.19. The Hall–Kier alpha value is -2.73. The van der Waals surface area contributed by atoms with Crippen molar-refractivity contribution in [3.8, 4) is 0 Å². The highest BCUT2D eigenvalue weighted by Gasteiger charge is 2.33. The summed E-state index contributed by atoms with van der Waals surface area (Å²) in [7, 11) is 0. The number of benzene rings is 1. The first-order valence-corrected chi connectivity index (χ1v) is 9.98. The van der Waals surface area contributed by atoms with Crippen LogP contribution in [-0.4, -0.2) is 65.2 Å². The van der Waals surface area contributed by atoms with Crippen molar-refractivity contribution in [1.82, 2.24) is 14.8 Å². The molecule has 0 aliphatic carbocycles. The van der Waals surface area contributed by atoms with Crippen LogP contribution in [0.4, 0.5) is 0 Å². The molecule has 0 radical (unpaired) electrons. The van der Waals surface area contributed by atoms with Gasteiger partial charge in [0.2, 0.25) is 6.10 Å². The summed E-state index contributed by atoms with van der Waals surface area (Å²) in [4.78, 5) is 26.7. The summed E-state index contributed by atoms with van der Waals surface area (Å²) in [5.41, 5.74) is 3.10. The lowest BCUT2D eigenvalue weighted by molar-refractivity contribution is -0.143. The van der Waals surface area contributed by atoms with Crippen molar-refractivity contribution in [3.05, 3.63) is 66.0 Å². The zero-order chi connectivity index (χ0) is 19.2. The number of hydrogen-bond donors (Lipinski definition) is 0. The topological polar surface area (TPSA) is 58.0 Å². The van der Waals surface area contributed by atoms with Gasteiger partial charge in [0.25, 0.3) is 5.91 Å². The van der Waals surface area contributed by atoms with Gasteiger partial charge in [-0.1, -0.05) is 35.5 Å². The highest BCUT2D eigenvalue weighted by Crippen LogP contribution is 2.19. The molecule has 1 aromatic carbocycles. The molecule has 28 heavy (non-hydrogen) atoms. The maximum absolute atomic E-state index is 12.8. The van der Waals surface area contributed by atoms with Gasteiger partial charge in [0.1, 0.15) is 0 Å². The number of rotatable bonds is 6. The second kappa shape index (κ2) is 8.97. The predicted molar refractivity (Wildman–Crippen MR) is 108 cm³/mol. The quantitative estimate of drug-likeness (QED) is 0.774. The second-order valence-electron chi connectivity index (χ2n) is 7.33. The number of carbonyl (C=O) groups is 1. The van der Waals surface area contributed by atoms with Crippen molar-refractivity contribution in [3.63, 3.8) is 0 Å². The van der Waals surface area contributed by atoms with Gasteiger partial charge in [0, 0.05) is 50.6 Å². The van der Waals surface area contributed by atoms with Crippen LogP contribution in [-0.2, 0) is 16.1 Å². The van der Waals surface area contributed by atoms with Crippen LogP contribution in [0.1, 0.15) is 24.0 Å². The first kappa shape index (κ1) is 18.6. The third-order valence-corrected chi connectivity index (χ3v) is 5.41. The normalized spacial score (nSPS) is 19.9. The van der Waals surface area contributed by atoms with Gasteiger partial charge in [-0.3, -0.25) is 14.7 Å². The summed E-state index contributed by atoms with van der Waals surface area (Å²) in [5, 5.41) is 4.11. The molecule has 2 aliphatic heterocycles. The van der Waals surface area contributed by atoms with Crippen LogP contribution in [0.5, 0.6) is 0 Å². The monoisotopic (exact) mass is 378 g/mol. The third kappa shape index (κ3) is 4.57. The first-order valence-electron chi connectivity index (χ1n) is 9.98. The number of pyridine rings is 1. The fraction of sp³-hybridized carbons (Fsp3) is 0.409. The van der Waals surface area contributed by atoms with Crippen molar-refractivity contribution in [2.45, 2.75) is 25.4 Å². The number of aryl methyl sites for hydroxylation is 1. The van der Waals surface area contributed by atoms with E-state index in [1.54, 1.807) is 12.4 Å². The zero-order valence-corrected chi connectivity index (χ0v) is 16.0. The maximum Gasteiger partial charge on any atom is 0.266 e. The Kier molecular flexibility index (Phi) is 5.97. The van der Waals surface area contributed by atoms with E-state index in [2.05, 4.69) is 45.4 Å². The minimum Gasteiger partial charge on any atom is -0.382 e. The molecule has 2 aliphatic rings. The van der Waals surface area contributed by atoms with E-state index >= 15 is 0 Å². The highest BCUT2D eigenvalue weighted by atomic mass is 16.6. The lowest BCUT2D eigenvalue weighted by Crippen LogP contribution is -2.51. The molecular weight excluding hydrogens is 352 g/mol. The van der Waals surface area contributed by atoms with E-state index in [1.165, 1.54) is 5.56 Å². The minimum atomic E-state index is -0.500. The van der Waals surface area contributed by atoms with Crippen LogP contribution in [0.2, 0.25) is 0 Å². The van der Waals surface area contributed by atoms with E-state index in [9.17, 15) is 4.79 Å². The number of carbonyl (C=O) groups excluding carboxylic acids is 1. The van der Waals surface area contributed by atoms with Gasteiger partial charge in [-0.05, 0) is 37.1 Å². The molecule has 1 atom stereocenters. The molecule has 1 aromatic heterocycles. The third-order valence-electron chi connectivity index (χ3n) is 5.41. The summed E-state index contributed by atoms with van der Waals surface area (Å²) in [6, 6.07) is 14.4. The molecule has 1 fully saturated rings. The number of aromatic nitrogens is 1. The lowest BCUT2D eigenvalue weighted by atomic mass is 10.1. The Morgan fingerprint density at radius 3 is 2.64 bits per heavy atom. The van der Waals surface area contributed by atoms with Gasteiger partial charge in [-0.15, -0.1) is 0 Å². The SMILES string of the molecule is O=C(C1CC(c2cccnc2)=NO1)N1CCN(CCCc2ccccc2)CC1. The van der Waals surface area contributed by atoms with E-state index in [0.29, 0.717) is 6.42 Å². The molecule has 1 unspecified atom stereocenters. The standard InChI is InChI=1S/C22H26N4O2/c27-22(21-16-20(24-28-21)19-9-4-10-23-17-19)26-14-12-25(13-15-26)11-5-8-18-6-2-1-3-7-18/h1-4,6-7,9-10,17,21H,5,8,11-16H2. The van der Waals surface area contributed by atoms with Gasteiger partial charge in [0.15, 0.2) is 0 Å². The molecule has 6 nitrogen and oxygen atoms in total. The largest absolute Gasteiger partial charge is 0.382 e. The average Bonchev–Trinajstić information content (AvgIpc) is 3.25. The molecule has 146 valence electrons. The van der Waals surface area contributed by atoms with Crippen molar-refractivity contribution in [1.29, 1.82) is 0 Å². The number of nitrogens with zero attached hydrogens (tertiary/aromatic N) is 4. The average molecular weight is 378 g/mol. The van der Waals surface area contributed by atoms with Gasteiger partial charge in [-0.2, -0.15) is 0 Å². The van der Waals surface area contributed by atoms with Crippen molar-refractivity contribution in [2.24, 2.45) is 5.16 Å². The number of oxime groups is 1. The van der Waals surface area contributed by atoms with E-state index in [4.69, 9.17) is 4.84 Å². The molecule has 1 saturated heterocycles. The van der Waals surface area contributed by atoms with Gasteiger partial charge in [0.05, 0.1) is 5.71 Å². The molecule has 0 spiro atoms. The summed E-state index contributed by atoms with van der Waals surface area (Å²) in [6.07, 6.45) is 5.74. The molecule has 3 heterocycles. The van der Waals surface area contributed by atoms with Crippen molar-refractivity contribution < 1.29 is 9.63 Å². The summed E-state index contributed by atoms with van der Waals surface area (Å²) in [5.74, 6) is 0.0478. The summed E-state index contributed by atoms with van der Waals surface area (Å²) < 4.78 is 0. The van der Waals surface area contributed by atoms with Crippen molar-refractivity contribution >= 4 is 11.6 Å². The summed E-state index contributed by atoms with van der Waals surface area (Å²) >= 11 is 0. The molecule has 2 aromatic rings. The highest BCUT2D eigenvalue weighted by molar-refractivity contribution is 6.03. The maximum atomic E-state index is 12.8. The number of hydrogen-bond acceptors (Lipinski definition) is 5. The smallest absolute Gasteiger partial charge is 0.266 e. The van der Waals surface area contributed by atoms with E-state index in [0.717, 1.165) is 56.8 Å². The fourth-order valence-electron chi connectivity index (χ4n) is 3.76. The molecule has 4 rings (SSSR count). The fourth-order valence-corrected chi connectivity index (χ4v) is 3.76. The van der Waals surface area contributed by atoms with Crippen LogP contribution in [0.3, 0.4) is 0 Å². The Bertz CT molecular complexity index is 802. The molecule has 0 N–H and O–H groups in total. The summed E-state index contributed by atoms with van der Waals surface area (Å²) in [6.45, 7) is 4.43. The molecule has 6 heteroatoms. The minimum absolute atomic E-state index is 0.0478. The molecule has 0 saturated carbocycles. The van der Waals surface area contributed by atoms with Crippen LogP contribution in [0.15, 0.2) is 60.0 Å². The molecular formula is C22H26N4O2. The van der Waals surface area contributed by atoms with Crippen molar-refractivity contribution in [2.75, 3.05) is 32.7 Å². The van der Waals surface area contributed by atoms with Crippen LogP contribution in [0.25, 0.3) is 0 Å². The van der Waals surface area contributed by atoms with Gasteiger partial charge >= 0.3 is 0 Å². The first-order chi connectivity index (χ1) is 13.8. The van der Waals surface area contributed by atoms with Crippen LogP contribution in [0, 0.1) is 0 Å². The van der Waals surface area contributed by atoms with E-state index < -0.39 is 6.10 Å². The van der Waals surface area contributed by atoms with E-state index in [1.807, 2.05) is 17.0 Å². The zero-order valence-electron chi connectivity index (χ0n) is 16.0. The Morgan fingerprint density at radius 1 is 1.07 bits per heavy atom. The predicted octanol–water partition coefficient (Wildman–Crippen LogP) is 2.35. The lowest BCUT2D eigenvalue weighted by Gasteiger charge is -2.35. The Morgan fingerprint density at radius 2 is 1.89 bits per heavy atom. The Labute approximate surface area is 165 Å². The van der Waals surface area contributed by atoms with Crippen LogP contribution >= 0.6 is 0 Å².